The van der Waals surface area contributed by atoms with Crippen molar-refractivity contribution in [2.75, 3.05) is 6.54 Å². The zero-order valence-electron chi connectivity index (χ0n) is 7.74. The lowest BCUT2D eigenvalue weighted by molar-refractivity contribution is 0.564. The average molecular weight is 360 g/mol. The normalized spacial score (nSPS) is 11.7. The van der Waals surface area contributed by atoms with Crippen molar-refractivity contribution in [2.45, 2.75) is 5.03 Å². The molecule has 15 heavy (non-hydrogen) atoms. The van der Waals surface area contributed by atoms with E-state index in [2.05, 4.69) is 53.5 Å². The van der Waals surface area contributed by atoms with Gasteiger partial charge in [-0.25, -0.2) is 17.8 Å². The maximum Gasteiger partial charge on any atom is 0.260 e. The van der Waals surface area contributed by atoms with Crippen molar-refractivity contribution in [1.29, 1.82) is 0 Å². The monoisotopic (exact) mass is 358 g/mol. The van der Waals surface area contributed by atoms with Crippen LogP contribution < -0.4 is 4.72 Å². The molecular formula is C6H8Br2N4O2S. The third-order valence-electron chi connectivity index (χ3n) is 1.45. The molecule has 0 aliphatic carbocycles. The second-order valence-corrected chi connectivity index (χ2v) is 6.21. The lowest BCUT2D eigenvalue weighted by atomic mass is 10.7. The molecule has 0 saturated carbocycles. The number of sulfonamides is 1. The van der Waals surface area contributed by atoms with Crippen LogP contribution in [0.3, 0.4) is 0 Å². The van der Waals surface area contributed by atoms with E-state index in [1.165, 1.54) is 11.7 Å². The Morgan fingerprint density at radius 1 is 1.67 bits per heavy atom. The van der Waals surface area contributed by atoms with Crippen LogP contribution in [0.1, 0.15) is 0 Å². The van der Waals surface area contributed by atoms with Gasteiger partial charge < -0.3 is 0 Å². The number of hydrogen-bond donors (Lipinski definition) is 1. The number of aromatic nitrogens is 3. The van der Waals surface area contributed by atoms with E-state index in [1.54, 1.807) is 0 Å². The molecule has 1 heterocycles. The Balaban J connectivity index is 3.01. The van der Waals surface area contributed by atoms with Crippen molar-refractivity contribution in [3.63, 3.8) is 0 Å². The maximum atomic E-state index is 11.7. The first-order valence-electron chi connectivity index (χ1n) is 3.72. The van der Waals surface area contributed by atoms with Crippen molar-refractivity contribution in [3.8, 4) is 0 Å². The summed E-state index contributed by atoms with van der Waals surface area (Å²) in [6.45, 7) is 3.64. The van der Waals surface area contributed by atoms with Gasteiger partial charge in [0, 0.05) is 18.1 Å². The highest BCUT2D eigenvalue weighted by atomic mass is 79.9. The van der Waals surface area contributed by atoms with Crippen LogP contribution in [-0.2, 0) is 17.1 Å². The first-order valence-corrected chi connectivity index (χ1v) is 6.79. The van der Waals surface area contributed by atoms with Crippen molar-refractivity contribution in [1.82, 2.24) is 19.7 Å². The molecule has 0 amide bonds. The van der Waals surface area contributed by atoms with Crippen LogP contribution in [0.25, 0.3) is 0 Å². The molecule has 0 bridgehead atoms. The van der Waals surface area contributed by atoms with Gasteiger partial charge in [0.25, 0.3) is 10.0 Å². The Hall–Kier alpha value is -0.250. The summed E-state index contributed by atoms with van der Waals surface area (Å²) in [4.78, 5) is 0. The molecule has 9 heteroatoms. The molecular weight excluding hydrogens is 352 g/mol. The predicted octanol–water partition coefficient (Wildman–Crippen LogP) is 0.764. The Labute approximate surface area is 104 Å². The second kappa shape index (κ2) is 4.73. The van der Waals surface area contributed by atoms with Gasteiger partial charge in [0.15, 0.2) is 4.60 Å². The highest BCUT2D eigenvalue weighted by Crippen LogP contribution is 2.17. The molecule has 0 unspecified atom stereocenters. The first kappa shape index (κ1) is 12.8. The molecule has 0 aromatic carbocycles. The van der Waals surface area contributed by atoms with Crippen molar-refractivity contribution < 1.29 is 8.42 Å². The molecule has 1 N–H and O–H groups in total. The van der Waals surface area contributed by atoms with Gasteiger partial charge in [-0.2, -0.15) is 0 Å². The highest BCUT2D eigenvalue weighted by molar-refractivity contribution is 9.11. The fourth-order valence-corrected chi connectivity index (χ4v) is 3.29. The van der Waals surface area contributed by atoms with Gasteiger partial charge in [-0.3, -0.25) is 0 Å². The van der Waals surface area contributed by atoms with Crippen LogP contribution in [0.2, 0.25) is 0 Å². The molecule has 0 fully saturated rings. The highest BCUT2D eigenvalue weighted by Gasteiger charge is 2.23. The van der Waals surface area contributed by atoms with Crippen molar-refractivity contribution in [2.24, 2.45) is 7.05 Å². The zero-order chi connectivity index (χ0) is 11.6. The van der Waals surface area contributed by atoms with Gasteiger partial charge in [-0.15, -0.1) is 5.10 Å². The van der Waals surface area contributed by atoms with Gasteiger partial charge in [0.05, 0.1) is 0 Å². The first-order chi connectivity index (χ1) is 6.84. The Bertz CT molecular complexity index is 462. The molecule has 0 aliphatic heterocycles. The minimum absolute atomic E-state index is 0.0174. The van der Waals surface area contributed by atoms with Gasteiger partial charge in [-0.1, -0.05) is 27.7 Å². The van der Waals surface area contributed by atoms with E-state index in [0.29, 0.717) is 4.48 Å². The topological polar surface area (TPSA) is 76.9 Å². The van der Waals surface area contributed by atoms with Crippen LogP contribution in [0, 0.1) is 0 Å². The molecule has 1 rings (SSSR count). The quantitative estimate of drug-likeness (QED) is 0.861. The number of nitrogens with zero attached hydrogens (tertiary/aromatic N) is 3. The van der Waals surface area contributed by atoms with E-state index in [4.69, 9.17) is 0 Å². The molecule has 1 aromatic heterocycles. The summed E-state index contributed by atoms with van der Waals surface area (Å²) >= 11 is 6.07. The lowest BCUT2D eigenvalue weighted by Gasteiger charge is -2.05. The summed E-state index contributed by atoms with van der Waals surface area (Å²) in [6, 6.07) is 0. The summed E-state index contributed by atoms with van der Waals surface area (Å²) in [7, 11) is -2.13. The second-order valence-electron chi connectivity index (χ2n) is 2.65. The van der Waals surface area contributed by atoms with Gasteiger partial charge in [0.2, 0.25) is 5.03 Å². The SMILES string of the molecule is C=C(Br)CNS(=O)(=O)c1c(Br)nnn1C. The minimum Gasteiger partial charge on any atom is -0.235 e. The summed E-state index contributed by atoms with van der Waals surface area (Å²) in [5.74, 6) is 0. The van der Waals surface area contributed by atoms with Crippen molar-refractivity contribution in [3.05, 3.63) is 15.7 Å². The number of halogens is 2. The lowest BCUT2D eigenvalue weighted by Crippen LogP contribution is -2.27. The van der Waals surface area contributed by atoms with Crippen LogP contribution >= 0.6 is 31.9 Å². The van der Waals surface area contributed by atoms with Crippen LogP contribution in [-0.4, -0.2) is 30.0 Å². The molecule has 6 nitrogen and oxygen atoms in total. The fourth-order valence-electron chi connectivity index (χ4n) is 0.850. The number of rotatable bonds is 4. The van der Waals surface area contributed by atoms with Crippen LogP contribution in [0.15, 0.2) is 20.7 Å². The van der Waals surface area contributed by atoms with E-state index < -0.39 is 10.0 Å². The molecule has 0 atom stereocenters. The van der Waals surface area contributed by atoms with Crippen molar-refractivity contribution >= 4 is 41.9 Å². The summed E-state index contributed by atoms with van der Waals surface area (Å²) in [6.07, 6.45) is 0. The molecule has 0 radical (unpaired) electrons. The molecule has 1 aromatic rings. The van der Waals surface area contributed by atoms with Gasteiger partial charge in [0.1, 0.15) is 0 Å². The van der Waals surface area contributed by atoms with E-state index in [-0.39, 0.29) is 16.2 Å². The van der Waals surface area contributed by atoms with Gasteiger partial charge >= 0.3 is 0 Å². The molecule has 0 aliphatic rings. The Morgan fingerprint density at radius 2 is 2.27 bits per heavy atom. The molecule has 84 valence electrons. The number of aryl methyl sites for hydroxylation is 1. The third-order valence-corrected chi connectivity index (χ3v) is 4.01. The summed E-state index contributed by atoms with van der Waals surface area (Å²) in [5, 5.41) is 7.14. The standard InChI is InChI=1S/C6H8Br2N4O2S/c1-4(7)3-9-15(13,14)6-5(8)10-11-12(6)2/h9H,1,3H2,2H3. The zero-order valence-corrected chi connectivity index (χ0v) is 11.7. The van der Waals surface area contributed by atoms with Gasteiger partial charge in [-0.05, 0) is 15.9 Å². The maximum absolute atomic E-state index is 11.7. The van der Waals surface area contributed by atoms with E-state index in [0.717, 1.165) is 0 Å². The average Bonchev–Trinajstić information content (AvgIpc) is 2.43. The van der Waals surface area contributed by atoms with E-state index >= 15 is 0 Å². The fraction of sp³-hybridized carbons (Fsp3) is 0.333. The number of nitrogens with one attached hydrogen (secondary N) is 1. The largest absolute Gasteiger partial charge is 0.260 e. The predicted molar refractivity (Wildman–Crippen MR) is 62.0 cm³/mol. The Morgan fingerprint density at radius 3 is 2.67 bits per heavy atom. The van der Waals surface area contributed by atoms with Crippen LogP contribution in [0.5, 0.6) is 0 Å². The smallest absolute Gasteiger partial charge is 0.235 e. The summed E-state index contributed by atoms with van der Waals surface area (Å²) in [5.41, 5.74) is 0. The van der Waals surface area contributed by atoms with Crippen LogP contribution in [0.4, 0.5) is 0 Å². The Kier molecular flexibility index (Phi) is 4.04. The van der Waals surface area contributed by atoms with E-state index in [1.807, 2.05) is 0 Å². The van der Waals surface area contributed by atoms with E-state index in [9.17, 15) is 8.42 Å². The summed E-state index contributed by atoms with van der Waals surface area (Å²) < 4.78 is 27.7. The minimum atomic E-state index is -3.62. The number of hydrogen-bond acceptors (Lipinski definition) is 4. The molecule has 0 saturated heterocycles. The third kappa shape index (κ3) is 3.10. The molecule has 0 spiro atoms.